The first-order valence-corrected chi connectivity index (χ1v) is 11.2. The lowest BCUT2D eigenvalue weighted by Crippen LogP contribution is -2.48. The predicted octanol–water partition coefficient (Wildman–Crippen LogP) is 2.88. The molecule has 2 heterocycles. The summed E-state index contributed by atoms with van der Waals surface area (Å²) in [4.78, 5) is 30.6. The second kappa shape index (κ2) is 9.06. The smallest absolute Gasteiger partial charge is 0.341 e. The van der Waals surface area contributed by atoms with Gasteiger partial charge in [0.25, 0.3) is 0 Å². The molecule has 2 aromatic rings. The van der Waals surface area contributed by atoms with Crippen molar-refractivity contribution in [3.05, 3.63) is 40.3 Å². The van der Waals surface area contributed by atoms with E-state index in [4.69, 9.17) is 4.74 Å². The summed E-state index contributed by atoms with van der Waals surface area (Å²) in [6.07, 6.45) is 4.00. The monoisotopic (exact) mass is 429 g/mol. The molecule has 1 aromatic heterocycles. The van der Waals surface area contributed by atoms with E-state index in [-0.39, 0.29) is 17.6 Å². The molecule has 8 heteroatoms. The summed E-state index contributed by atoms with van der Waals surface area (Å²) in [6, 6.07) is 7.19. The third kappa shape index (κ3) is 4.44. The second-order valence-corrected chi connectivity index (χ2v) is 8.84. The fourth-order valence-corrected chi connectivity index (χ4v) is 5.46. The molecule has 0 spiro atoms. The highest BCUT2D eigenvalue weighted by atomic mass is 32.1. The number of esters is 1. The first kappa shape index (κ1) is 20.7. The Morgan fingerprint density at radius 2 is 1.80 bits per heavy atom. The highest BCUT2D eigenvalue weighted by Crippen LogP contribution is 2.38. The number of nitrogens with one attached hydrogen (secondary N) is 1. The van der Waals surface area contributed by atoms with Crippen LogP contribution in [0.3, 0.4) is 0 Å². The lowest BCUT2D eigenvalue weighted by Gasteiger charge is -2.35. The molecular weight excluding hydrogens is 402 g/mol. The molecule has 0 unspecified atom stereocenters. The van der Waals surface area contributed by atoms with Gasteiger partial charge in [-0.25, -0.2) is 4.79 Å². The lowest BCUT2D eigenvalue weighted by atomic mass is 9.95. The van der Waals surface area contributed by atoms with E-state index in [0.29, 0.717) is 17.1 Å². The first-order chi connectivity index (χ1) is 14.5. The largest absolute Gasteiger partial charge is 0.508 e. The number of carbonyl (C=O) groups excluding carboxylic acids is 2. The third-order valence-electron chi connectivity index (χ3n) is 5.77. The van der Waals surface area contributed by atoms with E-state index in [2.05, 4.69) is 15.1 Å². The van der Waals surface area contributed by atoms with E-state index < -0.39 is 0 Å². The van der Waals surface area contributed by atoms with Crippen LogP contribution in [-0.2, 0) is 22.4 Å². The minimum atomic E-state index is -0.368. The number of phenols is 1. The van der Waals surface area contributed by atoms with Crippen LogP contribution in [-0.4, -0.2) is 61.7 Å². The fraction of sp³-hybridized carbons (Fsp3) is 0.455. The van der Waals surface area contributed by atoms with Gasteiger partial charge < -0.3 is 20.1 Å². The van der Waals surface area contributed by atoms with Crippen LogP contribution in [0.5, 0.6) is 5.75 Å². The molecule has 30 heavy (non-hydrogen) atoms. The maximum atomic E-state index is 12.7. The summed E-state index contributed by atoms with van der Waals surface area (Å²) in [5.41, 5.74) is 2.67. The minimum absolute atomic E-state index is 0.100. The zero-order valence-electron chi connectivity index (χ0n) is 17.1. The lowest BCUT2D eigenvalue weighted by molar-refractivity contribution is -0.117. The van der Waals surface area contributed by atoms with E-state index in [1.165, 1.54) is 23.3 Å². The number of nitrogens with zero attached hydrogens (tertiary/aromatic N) is 2. The number of aryl methyl sites for hydroxylation is 1. The molecule has 1 fully saturated rings. The highest BCUT2D eigenvalue weighted by molar-refractivity contribution is 7.17. The van der Waals surface area contributed by atoms with Gasteiger partial charge in [0.05, 0.1) is 19.2 Å². The number of methoxy groups -OCH3 is 1. The van der Waals surface area contributed by atoms with Crippen LogP contribution in [0, 0.1) is 0 Å². The molecule has 7 nitrogen and oxygen atoms in total. The third-order valence-corrected chi connectivity index (χ3v) is 6.98. The molecule has 2 aliphatic rings. The number of piperazine rings is 1. The zero-order valence-corrected chi connectivity index (χ0v) is 18.0. The van der Waals surface area contributed by atoms with Gasteiger partial charge in [0.2, 0.25) is 5.91 Å². The van der Waals surface area contributed by atoms with E-state index in [0.717, 1.165) is 63.1 Å². The molecule has 4 rings (SSSR count). The van der Waals surface area contributed by atoms with Gasteiger partial charge >= 0.3 is 5.97 Å². The molecule has 160 valence electrons. The number of hydrogen-bond donors (Lipinski definition) is 2. The summed E-state index contributed by atoms with van der Waals surface area (Å²) in [5, 5.41) is 13.0. The Bertz CT molecular complexity index is 917. The normalized spacial score (nSPS) is 16.8. The van der Waals surface area contributed by atoms with Crippen LogP contribution in [0.2, 0.25) is 0 Å². The summed E-state index contributed by atoms with van der Waals surface area (Å²) in [5.74, 6) is -0.209. The molecule has 1 saturated heterocycles. The summed E-state index contributed by atoms with van der Waals surface area (Å²) in [7, 11) is 1.38. The van der Waals surface area contributed by atoms with Crippen molar-refractivity contribution in [3.8, 4) is 5.75 Å². The molecule has 0 atom stereocenters. The van der Waals surface area contributed by atoms with Crippen LogP contribution in [0.4, 0.5) is 10.7 Å². The van der Waals surface area contributed by atoms with Gasteiger partial charge in [-0.2, -0.15) is 0 Å². The number of phenolic OH excluding ortho intramolecular Hbond substituents is 1. The van der Waals surface area contributed by atoms with Gasteiger partial charge in [0.1, 0.15) is 10.8 Å². The van der Waals surface area contributed by atoms with E-state index >= 15 is 0 Å². The Balaban J connectivity index is 1.36. The zero-order chi connectivity index (χ0) is 21.1. The van der Waals surface area contributed by atoms with Crippen molar-refractivity contribution in [2.24, 2.45) is 0 Å². The molecule has 1 aromatic carbocycles. The van der Waals surface area contributed by atoms with Gasteiger partial charge in [0.15, 0.2) is 0 Å². The maximum absolute atomic E-state index is 12.7. The molecule has 1 aliphatic carbocycles. The SMILES string of the molecule is COC(=O)c1c(NC(=O)CN2CCN(c3ccc(O)cc3)CC2)sc2c1CCCC2. The van der Waals surface area contributed by atoms with Crippen LogP contribution >= 0.6 is 11.3 Å². The van der Waals surface area contributed by atoms with Crippen molar-refractivity contribution in [2.45, 2.75) is 25.7 Å². The van der Waals surface area contributed by atoms with Crippen molar-refractivity contribution in [3.63, 3.8) is 0 Å². The number of fused-ring (bicyclic) bond motifs is 1. The Kier molecular flexibility index (Phi) is 6.24. The maximum Gasteiger partial charge on any atom is 0.341 e. The number of anilines is 2. The van der Waals surface area contributed by atoms with Crippen molar-refractivity contribution in [1.82, 2.24) is 4.90 Å². The van der Waals surface area contributed by atoms with Crippen molar-refractivity contribution in [2.75, 3.05) is 50.1 Å². The number of aromatic hydroxyl groups is 1. The van der Waals surface area contributed by atoms with Gasteiger partial charge in [-0.05, 0) is 55.5 Å². The van der Waals surface area contributed by atoms with Gasteiger partial charge in [-0.3, -0.25) is 9.69 Å². The van der Waals surface area contributed by atoms with E-state index in [9.17, 15) is 14.7 Å². The minimum Gasteiger partial charge on any atom is -0.508 e. The molecule has 1 aliphatic heterocycles. The standard InChI is InChI=1S/C22H27N3O4S/c1-29-22(28)20-17-4-2-3-5-18(17)30-21(20)23-19(27)14-24-10-12-25(13-11-24)15-6-8-16(26)9-7-15/h6-9,26H,2-5,10-14H2,1H3,(H,23,27). The topological polar surface area (TPSA) is 82.1 Å². The van der Waals surface area contributed by atoms with Crippen LogP contribution < -0.4 is 10.2 Å². The first-order valence-electron chi connectivity index (χ1n) is 10.3. The van der Waals surface area contributed by atoms with Gasteiger partial charge in [-0.15, -0.1) is 11.3 Å². The highest BCUT2D eigenvalue weighted by Gasteiger charge is 2.27. The number of benzene rings is 1. The molecule has 0 radical (unpaired) electrons. The number of hydrogen-bond acceptors (Lipinski definition) is 7. The Morgan fingerprint density at radius 3 is 2.50 bits per heavy atom. The van der Waals surface area contributed by atoms with Gasteiger partial charge in [0, 0.05) is 36.7 Å². The van der Waals surface area contributed by atoms with Crippen LogP contribution in [0.1, 0.15) is 33.6 Å². The number of ether oxygens (including phenoxy) is 1. The Hall–Kier alpha value is -2.58. The number of rotatable bonds is 5. The number of amides is 1. The van der Waals surface area contributed by atoms with Crippen molar-refractivity contribution in [1.29, 1.82) is 0 Å². The molecule has 0 bridgehead atoms. The van der Waals surface area contributed by atoms with E-state index in [1.54, 1.807) is 12.1 Å². The average Bonchev–Trinajstić information content (AvgIpc) is 3.12. The quantitative estimate of drug-likeness (QED) is 0.712. The van der Waals surface area contributed by atoms with Crippen molar-refractivity contribution < 1.29 is 19.4 Å². The number of thiophene rings is 1. The fourth-order valence-electron chi connectivity index (χ4n) is 4.17. The number of carbonyl (C=O) groups is 2. The van der Waals surface area contributed by atoms with Gasteiger partial charge in [-0.1, -0.05) is 0 Å². The van der Waals surface area contributed by atoms with Crippen LogP contribution in [0.15, 0.2) is 24.3 Å². The summed E-state index contributed by atoms with van der Waals surface area (Å²) >= 11 is 1.51. The Morgan fingerprint density at radius 1 is 1.10 bits per heavy atom. The van der Waals surface area contributed by atoms with Crippen molar-refractivity contribution >= 4 is 33.9 Å². The summed E-state index contributed by atoms with van der Waals surface area (Å²) < 4.78 is 4.98. The molecule has 2 N–H and O–H groups in total. The predicted molar refractivity (Wildman–Crippen MR) is 118 cm³/mol. The second-order valence-electron chi connectivity index (χ2n) is 7.73. The average molecular weight is 430 g/mol. The van der Waals surface area contributed by atoms with Crippen LogP contribution in [0.25, 0.3) is 0 Å². The summed E-state index contributed by atoms with van der Waals surface area (Å²) in [6.45, 7) is 3.49. The molecule has 1 amide bonds. The molecular formula is C22H27N3O4S. The van der Waals surface area contributed by atoms with E-state index in [1.807, 2.05) is 12.1 Å². The molecule has 0 saturated carbocycles. The Labute approximate surface area is 180 Å².